The van der Waals surface area contributed by atoms with E-state index in [-0.39, 0.29) is 17.5 Å². The van der Waals surface area contributed by atoms with Gasteiger partial charge in [0.1, 0.15) is 5.69 Å². The predicted octanol–water partition coefficient (Wildman–Crippen LogP) is 1.93. The Morgan fingerprint density at radius 3 is 2.69 bits per heavy atom. The molecule has 0 spiro atoms. The quantitative estimate of drug-likeness (QED) is 0.819. The lowest BCUT2D eigenvalue weighted by Crippen LogP contribution is -2.35. The van der Waals surface area contributed by atoms with Crippen molar-refractivity contribution < 1.29 is 4.79 Å². The van der Waals surface area contributed by atoms with Gasteiger partial charge in [-0.1, -0.05) is 0 Å². The molecule has 88 valence electrons. The smallest absolute Gasteiger partial charge is 0.268 e. The summed E-state index contributed by atoms with van der Waals surface area (Å²) >= 11 is 0. The monoisotopic (exact) mass is 221 g/mol. The molecule has 1 aromatic heterocycles. The van der Waals surface area contributed by atoms with Gasteiger partial charge in [-0.3, -0.25) is 4.79 Å². The van der Waals surface area contributed by atoms with Crippen molar-refractivity contribution in [2.45, 2.75) is 45.2 Å². The minimum absolute atomic E-state index is 0.0118. The van der Waals surface area contributed by atoms with Crippen molar-refractivity contribution in [2.75, 3.05) is 5.73 Å². The van der Waals surface area contributed by atoms with Crippen LogP contribution in [0.4, 0.5) is 5.69 Å². The maximum Gasteiger partial charge on any atom is 0.268 e. The minimum Gasteiger partial charge on any atom is -0.397 e. The van der Waals surface area contributed by atoms with E-state index in [9.17, 15) is 4.79 Å². The van der Waals surface area contributed by atoms with Crippen molar-refractivity contribution in [3.63, 3.8) is 0 Å². The van der Waals surface area contributed by atoms with E-state index in [1.54, 1.807) is 6.07 Å². The van der Waals surface area contributed by atoms with Gasteiger partial charge >= 0.3 is 0 Å². The molecule has 1 aliphatic rings. The van der Waals surface area contributed by atoms with Crippen LogP contribution in [0.25, 0.3) is 0 Å². The number of hydrogen-bond donors (Lipinski definition) is 2. The number of aromatic nitrogens is 1. The summed E-state index contributed by atoms with van der Waals surface area (Å²) in [6.07, 6.45) is 3.95. The lowest BCUT2D eigenvalue weighted by atomic mass is 10.3. The zero-order valence-electron chi connectivity index (χ0n) is 10.1. The number of anilines is 1. The van der Waals surface area contributed by atoms with E-state index in [1.165, 1.54) is 0 Å². The second kappa shape index (κ2) is 3.54. The molecule has 16 heavy (non-hydrogen) atoms. The Morgan fingerprint density at radius 1 is 1.56 bits per heavy atom. The lowest BCUT2D eigenvalue weighted by Gasteiger charge is -2.15. The molecule has 0 unspecified atom stereocenters. The fourth-order valence-electron chi connectivity index (χ4n) is 1.76. The fraction of sp³-hybridized carbons (Fsp3) is 0.583. The van der Waals surface area contributed by atoms with Crippen LogP contribution in [0.2, 0.25) is 0 Å². The maximum absolute atomic E-state index is 12.1. The highest BCUT2D eigenvalue weighted by Gasteiger charge is 2.39. The van der Waals surface area contributed by atoms with Gasteiger partial charge in [0, 0.05) is 17.8 Å². The molecule has 1 amide bonds. The molecule has 4 heteroatoms. The molecule has 3 N–H and O–H groups in total. The van der Waals surface area contributed by atoms with Crippen molar-refractivity contribution in [1.29, 1.82) is 0 Å². The molecule has 1 heterocycles. The Morgan fingerprint density at radius 2 is 2.19 bits per heavy atom. The van der Waals surface area contributed by atoms with E-state index in [2.05, 4.69) is 12.2 Å². The summed E-state index contributed by atoms with van der Waals surface area (Å²) in [5.74, 6) is -0.0228. The van der Waals surface area contributed by atoms with Crippen LogP contribution in [0.5, 0.6) is 0 Å². The lowest BCUT2D eigenvalue weighted by molar-refractivity contribution is 0.0924. The second-order valence-corrected chi connectivity index (χ2v) is 5.17. The van der Waals surface area contributed by atoms with E-state index in [0.29, 0.717) is 11.4 Å². The third-order valence-electron chi connectivity index (χ3n) is 3.07. The largest absolute Gasteiger partial charge is 0.397 e. The van der Waals surface area contributed by atoms with Crippen molar-refractivity contribution in [2.24, 2.45) is 0 Å². The zero-order valence-corrected chi connectivity index (χ0v) is 10.1. The highest BCUT2D eigenvalue weighted by Crippen LogP contribution is 2.34. The molecule has 2 rings (SSSR count). The van der Waals surface area contributed by atoms with E-state index in [1.807, 2.05) is 24.6 Å². The molecule has 0 atom stereocenters. The third-order valence-corrected chi connectivity index (χ3v) is 3.07. The maximum atomic E-state index is 12.1. The minimum atomic E-state index is -0.0228. The molecule has 0 bridgehead atoms. The van der Waals surface area contributed by atoms with E-state index in [0.717, 1.165) is 12.8 Å². The molecule has 0 aromatic carbocycles. The molecule has 0 saturated heterocycles. The van der Waals surface area contributed by atoms with Crippen molar-refractivity contribution in [3.8, 4) is 0 Å². The number of nitrogens with zero attached hydrogens (tertiary/aromatic N) is 1. The first-order chi connectivity index (χ1) is 7.41. The summed E-state index contributed by atoms with van der Waals surface area (Å²) in [5, 5.41) is 3.04. The zero-order chi connectivity index (χ0) is 11.9. The summed E-state index contributed by atoms with van der Waals surface area (Å²) in [6, 6.07) is 1.98. The number of nitrogens with two attached hydrogens (primary N) is 1. The molecule has 1 aliphatic carbocycles. The average molecular weight is 221 g/mol. The fourth-order valence-corrected chi connectivity index (χ4v) is 1.76. The van der Waals surface area contributed by atoms with Crippen LogP contribution in [-0.4, -0.2) is 16.0 Å². The van der Waals surface area contributed by atoms with Crippen molar-refractivity contribution in [1.82, 2.24) is 9.88 Å². The molecule has 0 aliphatic heterocycles. The van der Waals surface area contributed by atoms with Crippen LogP contribution < -0.4 is 11.1 Å². The standard InChI is InChI=1S/C12H19N3O/c1-8(2)15-7-9(13)6-10(15)11(16)14-12(3)4-5-12/h6-8H,4-5,13H2,1-3H3,(H,14,16). The number of amides is 1. The molecule has 1 saturated carbocycles. The number of nitrogens with one attached hydrogen (secondary N) is 1. The molecular formula is C12H19N3O. The topological polar surface area (TPSA) is 60.0 Å². The highest BCUT2D eigenvalue weighted by molar-refractivity contribution is 5.94. The van der Waals surface area contributed by atoms with Gasteiger partial charge in [0.15, 0.2) is 0 Å². The van der Waals surface area contributed by atoms with Crippen molar-refractivity contribution in [3.05, 3.63) is 18.0 Å². The summed E-state index contributed by atoms with van der Waals surface area (Å²) in [5.41, 5.74) is 7.04. The summed E-state index contributed by atoms with van der Waals surface area (Å²) in [6.45, 7) is 6.14. The number of nitrogen functional groups attached to an aromatic ring is 1. The third kappa shape index (κ3) is 2.05. The molecular weight excluding hydrogens is 202 g/mol. The number of carbonyl (C=O) groups is 1. The summed E-state index contributed by atoms with van der Waals surface area (Å²) in [7, 11) is 0. The molecule has 1 aromatic rings. The van der Waals surface area contributed by atoms with Gasteiger partial charge in [-0.15, -0.1) is 0 Å². The first kappa shape index (κ1) is 11.0. The van der Waals surface area contributed by atoms with Crippen LogP contribution in [0, 0.1) is 0 Å². The van der Waals surface area contributed by atoms with Gasteiger partial charge < -0.3 is 15.6 Å². The van der Waals surface area contributed by atoms with Crippen molar-refractivity contribution >= 4 is 11.6 Å². The van der Waals surface area contributed by atoms with Crippen LogP contribution in [0.15, 0.2) is 12.3 Å². The van der Waals surface area contributed by atoms with Crippen LogP contribution in [0.1, 0.15) is 50.1 Å². The Hall–Kier alpha value is -1.45. The molecule has 0 radical (unpaired) electrons. The van der Waals surface area contributed by atoms with Gasteiger partial charge in [0.25, 0.3) is 5.91 Å². The average Bonchev–Trinajstić information content (AvgIpc) is 2.76. The Bertz CT molecular complexity index is 416. The first-order valence-corrected chi connectivity index (χ1v) is 5.71. The number of hydrogen-bond acceptors (Lipinski definition) is 2. The Kier molecular flexibility index (Phi) is 2.45. The Labute approximate surface area is 95.8 Å². The van der Waals surface area contributed by atoms with Crippen LogP contribution in [0.3, 0.4) is 0 Å². The first-order valence-electron chi connectivity index (χ1n) is 5.71. The number of carbonyl (C=O) groups excluding carboxylic acids is 1. The molecule has 4 nitrogen and oxygen atoms in total. The van der Waals surface area contributed by atoms with Gasteiger partial charge in [0.05, 0.1) is 5.69 Å². The van der Waals surface area contributed by atoms with E-state index in [4.69, 9.17) is 5.73 Å². The van der Waals surface area contributed by atoms with Gasteiger partial charge in [-0.25, -0.2) is 0 Å². The SMILES string of the molecule is CC(C)n1cc(N)cc1C(=O)NC1(C)CC1. The van der Waals surface area contributed by atoms with E-state index >= 15 is 0 Å². The predicted molar refractivity (Wildman–Crippen MR) is 64.3 cm³/mol. The van der Waals surface area contributed by atoms with Gasteiger partial charge in [-0.2, -0.15) is 0 Å². The second-order valence-electron chi connectivity index (χ2n) is 5.17. The normalized spacial score (nSPS) is 17.5. The van der Waals surface area contributed by atoms with Crippen LogP contribution in [-0.2, 0) is 0 Å². The summed E-state index contributed by atoms with van der Waals surface area (Å²) < 4.78 is 1.91. The Balaban J connectivity index is 2.21. The molecule has 1 fully saturated rings. The van der Waals surface area contributed by atoms with E-state index < -0.39 is 0 Å². The highest BCUT2D eigenvalue weighted by atomic mass is 16.2. The summed E-state index contributed by atoms with van der Waals surface area (Å²) in [4.78, 5) is 12.1. The van der Waals surface area contributed by atoms with Crippen LogP contribution >= 0.6 is 0 Å². The number of rotatable bonds is 3. The van der Waals surface area contributed by atoms with Gasteiger partial charge in [0.2, 0.25) is 0 Å². The van der Waals surface area contributed by atoms with Gasteiger partial charge in [-0.05, 0) is 39.7 Å².